The van der Waals surface area contributed by atoms with Gasteiger partial charge in [0.05, 0.1) is 34.9 Å². The van der Waals surface area contributed by atoms with E-state index < -0.39 is 17.5 Å². The van der Waals surface area contributed by atoms with E-state index in [2.05, 4.69) is 19.2 Å². The number of nitrogens with zero attached hydrogens (tertiary/aromatic N) is 2. The number of halogens is 1. The molecule has 0 saturated carbocycles. The van der Waals surface area contributed by atoms with Crippen LogP contribution in [-0.4, -0.2) is 33.2 Å². The molecule has 1 aliphatic heterocycles. The van der Waals surface area contributed by atoms with Crippen LogP contribution in [0.3, 0.4) is 0 Å². The Morgan fingerprint density at radius 1 is 1.34 bits per heavy atom. The molecule has 0 aliphatic carbocycles. The smallest absolute Gasteiger partial charge is 0.232 e. The fourth-order valence-electron chi connectivity index (χ4n) is 3.64. The van der Waals surface area contributed by atoms with Crippen molar-refractivity contribution in [3.05, 3.63) is 48.0 Å². The van der Waals surface area contributed by atoms with Crippen molar-refractivity contribution in [3.63, 3.8) is 0 Å². The molecule has 8 heteroatoms. The molecule has 2 aromatic carbocycles. The Balaban J connectivity index is 1.67. The molecule has 2 heterocycles. The van der Waals surface area contributed by atoms with Crippen LogP contribution in [0.2, 0.25) is 0 Å². The fourth-order valence-corrected chi connectivity index (χ4v) is 4.11. The largest absolute Gasteiger partial charge is 0.490 e. The fraction of sp³-hybridized carbons (Fsp3) is 0.333. The van der Waals surface area contributed by atoms with Crippen molar-refractivity contribution in [2.75, 3.05) is 11.5 Å². The summed E-state index contributed by atoms with van der Waals surface area (Å²) in [5, 5.41) is 10.4. The van der Waals surface area contributed by atoms with Gasteiger partial charge in [0, 0.05) is 17.3 Å². The van der Waals surface area contributed by atoms with E-state index in [-0.39, 0.29) is 18.4 Å². The first-order valence-corrected chi connectivity index (χ1v) is 9.94. The second-order valence-corrected chi connectivity index (χ2v) is 8.68. The Morgan fingerprint density at radius 2 is 2.10 bits per heavy atom. The number of rotatable bonds is 5. The van der Waals surface area contributed by atoms with Gasteiger partial charge in [-0.3, -0.25) is 4.79 Å². The first-order valence-electron chi connectivity index (χ1n) is 9.36. The summed E-state index contributed by atoms with van der Waals surface area (Å²) in [6.45, 7) is 5.09. The quantitative estimate of drug-likeness (QED) is 0.496. The van der Waals surface area contributed by atoms with Crippen LogP contribution in [0.4, 0.5) is 10.1 Å². The van der Waals surface area contributed by atoms with Crippen molar-refractivity contribution in [1.29, 1.82) is 0 Å². The van der Waals surface area contributed by atoms with Crippen LogP contribution in [0.5, 0.6) is 5.75 Å². The maximum atomic E-state index is 15.1. The van der Waals surface area contributed by atoms with Crippen molar-refractivity contribution in [2.45, 2.75) is 32.4 Å². The number of fused-ring (bicyclic) bond motifs is 1. The number of H-pyrrole nitrogens is 1. The number of aromatic amines is 1. The Labute approximate surface area is 170 Å². The summed E-state index contributed by atoms with van der Waals surface area (Å²) in [4.78, 5) is 21.5. The molecular weight excluding hydrogens is 392 g/mol. The average molecular weight is 415 g/mol. The molecule has 3 aromatic rings. The molecule has 2 N–H and O–H groups in total. The molecule has 1 aromatic heterocycles. The average Bonchev–Trinajstić information content (AvgIpc) is 3.12. The van der Waals surface area contributed by atoms with Gasteiger partial charge in [-0.05, 0) is 43.4 Å². The predicted octanol–water partition coefficient (Wildman–Crippen LogP) is 3.08. The zero-order valence-corrected chi connectivity index (χ0v) is 17.6. The third-order valence-electron chi connectivity index (χ3n) is 5.08. The minimum absolute atomic E-state index is 0.0456. The van der Waals surface area contributed by atoms with Gasteiger partial charge in [0.15, 0.2) is 0 Å². The molecule has 1 saturated heterocycles. The topological polar surface area (TPSA) is 78.5 Å². The lowest BCUT2D eigenvalue weighted by Gasteiger charge is -2.46. The monoisotopic (exact) mass is 415 g/mol. The van der Waals surface area contributed by atoms with Crippen LogP contribution >= 0.6 is 9.24 Å². The lowest BCUT2D eigenvalue weighted by atomic mass is 9.82. The van der Waals surface area contributed by atoms with Crippen molar-refractivity contribution in [2.24, 2.45) is 5.92 Å². The minimum atomic E-state index is -1.02. The van der Waals surface area contributed by atoms with E-state index in [9.17, 15) is 9.90 Å². The van der Waals surface area contributed by atoms with E-state index in [0.29, 0.717) is 22.3 Å². The SMILES string of the molecule is C[C@@H]1C(=O)N(c2ccc3[nH]cnc3c2)[C@@H]1c1c(F)cc(OCC(C)(C)O)cc1P. The highest BCUT2D eigenvalue weighted by atomic mass is 31.0. The molecule has 0 radical (unpaired) electrons. The molecular formula is C21H23FN3O3P. The van der Waals surface area contributed by atoms with Crippen LogP contribution in [-0.2, 0) is 4.79 Å². The van der Waals surface area contributed by atoms with Gasteiger partial charge in [0.1, 0.15) is 18.2 Å². The minimum Gasteiger partial charge on any atom is -0.490 e. The van der Waals surface area contributed by atoms with E-state index in [4.69, 9.17) is 4.74 Å². The van der Waals surface area contributed by atoms with Gasteiger partial charge in [0.25, 0.3) is 0 Å². The molecule has 0 bridgehead atoms. The van der Waals surface area contributed by atoms with Crippen molar-refractivity contribution >= 4 is 37.2 Å². The van der Waals surface area contributed by atoms with Gasteiger partial charge in [-0.1, -0.05) is 6.92 Å². The normalized spacial score (nSPS) is 19.5. The van der Waals surface area contributed by atoms with Crippen LogP contribution in [0.1, 0.15) is 32.4 Å². The number of benzene rings is 2. The van der Waals surface area contributed by atoms with Crippen LogP contribution in [0.25, 0.3) is 11.0 Å². The third-order valence-corrected chi connectivity index (χ3v) is 5.56. The van der Waals surface area contributed by atoms with Crippen LogP contribution in [0, 0.1) is 11.7 Å². The van der Waals surface area contributed by atoms with E-state index in [1.807, 2.05) is 18.2 Å². The summed E-state index contributed by atoms with van der Waals surface area (Å²) in [6.07, 6.45) is 1.60. The molecule has 1 fully saturated rings. The first-order chi connectivity index (χ1) is 13.7. The van der Waals surface area contributed by atoms with Gasteiger partial charge >= 0.3 is 0 Å². The summed E-state index contributed by atoms with van der Waals surface area (Å²) in [5.74, 6) is -0.516. The lowest BCUT2D eigenvalue weighted by Crippen LogP contribution is -2.55. The second-order valence-electron chi connectivity index (χ2n) is 8.05. The van der Waals surface area contributed by atoms with Gasteiger partial charge in [0.2, 0.25) is 5.91 Å². The van der Waals surface area contributed by atoms with Gasteiger partial charge in [-0.25, -0.2) is 9.37 Å². The highest BCUT2D eigenvalue weighted by molar-refractivity contribution is 7.27. The highest BCUT2D eigenvalue weighted by Crippen LogP contribution is 2.44. The number of imidazole rings is 1. The number of ether oxygens (including phenoxy) is 1. The Hall–Kier alpha value is -2.50. The number of carbonyl (C=O) groups is 1. The standard InChI is InChI=1S/C21H23FN3O3P/c1-11-19(18-14(22)7-13(8-17(18)29)28-9-21(2,3)27)25(20(11)26)12-4-5-15-16(6-12)24-10-23-15/h4-8,10-11,19,27H,9,29H2,1-3H3,(H,23,24)/t11-,19-/m0/s1. The summed E-state index contributed by atoms with van der Waals surface area (Å²) in [7, 11) is 2.53. The maximum Gasteiger partial charge on any atom is 0.232 e. The summed E-state index contributed by atoms with van der Waals surface area (Å²) in [5.41, 5.74) is 1.73. The second kappa shape index (κ2) is 7.08. The zero-order valence-electron chi connectivity index (χ0n) is 16.4. The number of aromatic nitrogens is 2. The van der Waals surface area contributed by atoms with Crippen LogP contribution < -0.4 is 14.9 Å². The van der Waals surface area contributed by atoms with Crippen molar-refractivity contribution in [3.8, 4) is 5.75 Å². The molecule has 6 nitrogen and oxygen atoms in total. The molecule has 4 rings (SSSR count). The molecule has 152 valence electrons. The highest BCUT2D eigenvalue weighted by Gasteiger charge is 2.47. The number of hydrogen-bond acceptors (Lipinski definition) is 4. The van der Waals surface area contributed by atoms with Crippen molar-refractivity contribution < 1.29 is 19.0 Å². The number of carbonyl (C=O) groups excluding carboxylic acids is 1. The lowest BCUT2D eigenvalue weighted by molar-refractivity contribution is -0.129. The number of hydrogen-bond donors (Lipinski definition) is 2. The molecule has 0 spiro atoms. The molecule has 1 aliphatic rings. The van der Waals surface area contributed by atoms with E-state index in [1.165, 1.54) is 6.07 Å². The number of nitrogens with one attached hydrogen (secondary N) is 1. The molecule has 29 heavy (non-hydrogen) atoms. The molecule has 3 atom stereocenters. The Bertz CT molecular complexity index is 1070. The Morgan fingerprint density at radius 3 is 2.79 bits per heavy atom. The Kier molecular flexibility index (Phi) is 4.83. The van der Waals surface area contributed by atoms with Gasteiger partial charge < -0.3 is 19.7 Å². The number of β-lactam (4-membered cyclic amide) rings is 1. The van der Waals surface area contributed by atoms with Gasteiger partial charge in [-0.15, -0.1) is 9.24 Å². The number of aliphatic hydroxyl groups is 1. The molecule has 1 amide bonds. The van der Waals surface area contributed by atoms with E-state index >= 15 is 4.39 Å². The first kappa shape index (κ1) is 19.8. The number of anilines is 1. The maximum absolute atomic E-state index is 15.1. The predicted molar refractivity (Wildman–Crippen MR) is 113 cm³/mol. The van der Waals surface area contributed by atoms with E-state index in [0.717, 1.165) is 11.0 Å². The third kappa shape index (κ3) is 3.61. The van der Waals surface area contributed by atoms with Crippen LogP contribution in [0.15, 0.2) is 36.7 Å². The molecule has 1 unspecified atom stereocenters. The summed E-state index contributed by atoms with van der Waals surface area (Å²) >= 11 is 0. The van der Waals surface area contributed by atoms with Crippen molar-refractivity contribution in [1.82, 2.24) is 9.97 Å². The van der Waals surface area contributed by atoms with Gasteiger partial charge in [-0.2, -0.15) is 0 Å². The summed E-state index contributed by atoms with van der Waals surface area (Å²) < 4.78 is 20.6. The summed E-state index contributed by atoms with van der Waals surface area (Å²) in [6, 6.07) is 8.10. The zero-order chi connectivity index (χ0) is 20.9. The number of amides is 1. The van der Waals surface area contributed by atoms with E-state index in [1.54, 1.807) is 38.1 Å².